The predicted octanol–water partition coefficient (Wildman–Crippen LogP) is 4.80. The van der Waals surface area contributed by atoms with Gasteiger partial charge in [-0.3, -0.25) is 0 Å². The number of aromatic nitrogens is 2. The Kier molecular flexibility index (Phi) is 2.18. The first-order valence-corrected chi connectivity index (χ1v) is 10.1. The van der Waals surface area contributed by atoms with E-state index in [9.17, 15) is 0 Å². The van der Waals surface area contributed by atoms with Gasteiger partial charge in [0.05, 0.1) is 10.8 Å². The molecule has 0 unspecified atom stereocenters. The van der Waals surface area contributed by atoms with Gasteiger partial charge in [0, 0.05) is 22.9 Å². The number of fused-ring (bicyclic) bond motifs is 4. The second-order valence-corrected chi connectivity index (χ2v) is 8.24. The summed E-state index contributed by atoms with van der Waals surface area (Å²) < 4.78 is 5.02. The zero-order valence-electron chi connectivity index (χ0n) is 15.6. The fraction of sp³-hybridized carbons (Fsp3) is 0.0370. The fourth-order valence-electron chi connectivity index (χ4n) is 6.06. The molecule has 4 aromatic carbocycles. The Morgan fingerprint density at radius 1 is 0.448 bits per heavy atom. The average Bonchev–Trinajstić information content (AvgIpc) is 3.26. The molecular formula is C27H16N2+2. The Labute approximate surface area is 166 Å². The smallest absolute Gasteiger partial charge is 0.125 e. The van der Waals surface area contributed by atoms with Gasteiger partial charge >= 0.3 is 5.66 Å². The topological polar surface area (TPSA) is 7.76 Å². The van der Waals surface area contributed by atoms with E-state index in [4.69, 9.17) is 0 Å². The van der Waals surface area contributed by atoms with Gasteiger partial charge < -0.3 is 0 Å². The molecule has 0 aliphatic carbocycles. The lowest BCUT2D eigenvalue weighted by atomic mass is 9.89. The Morgan fingerprint density at radius 3 is 1.41 bits per heavy atom. The molecular weight excluding hydrogens is 352 g/mol. The van der Waals surface area contributed by atoms with E-state index < -0.39 is 0 Å². The summed E-state index contributed by atoms with van der Waals surface area (Å²) in [5.74, 6) is 0. The van der Waals surface area contributed by atoms with E-state index >= 15 is 0 Å². The third-order valence-corrected chi connectivity index (χ3v) is 7.05. The van der Waals surface area contributed by atoms with E-state index in [0.29, 0.717) is 0 Å². The minimum atomic E-state index is -0.384. The minimum absolute atomic E-state index is 0.384. The summed E-state index contributed by atoms with van der Waals surface area (Å²) in [5, 5.41) is 7.95. The van der Waals surface area contributed by atoms with Gasteiger partial charge in [-0.1, -0.05) is 36.4 Å². The molecule has 1 spiro atoms. The number of nitrogens with zero attached hydrogens (tertiary/aromatic N) is 2. The van der Waals surface area contributed by atoms with Crippen LogP contribution in [-0.2, 0) is 5.66 Å². The molecule has 2 aromatic heterocycles. The lowest BCUT2D eigenvalue weighted by Crippen LogP contribution is -2.71. The highest BCUT2D eigenvalue weighted by molar-refractivity contribution is 6.10. The normalized spacial score (nSPS) is 15.2. The van der Waals surface area contributed by atoms with Crippen molar-refractivity contribution in [3.8, 4) is 0 Å². The SMILES string of the molecule is c1cc2c3c(c1)ccc1ccc[n+](c13)C21c2cccc3ccc4ccc[n+]1c4c23. The van der Waals surface area contributed by atoms with Crippen molar-refractivity contribution in [2.24, 2.45) is 0 Å². The van der Waals surface area contributed by atoms with Crippen LogP contribution in [0.2, 0.25) is 0 Å². The van der Waals surface area contributed by atoms with Gasteiger partial charge in [0.2, 0.25) is 11.0 Å². The third kappa shape index (κ3) is 1.35. The van der Waals surface area contributed by atoms with Gasteiger partial charge in [0.1, 0.15) is 11.1 Å². The molecule has 0 atom stereocenters. The van der Waals surface area contributed by atoms with Crippen LogP contribution in [0.4, 0.5) is 0 Å². The van der Waals surface area contributed by atoms with Crippen molar-refractivity contribution >= 4 is 43.4 Å². The van der Waals surface area contributed by atoms with Crippen LogP contribution in [0.1, 0.15) is 11.1 Å². The van der Waals surface area contributed by atoms with Crippen molar-refractivity contribution in [2.75, 3.05) is 0 Å². The van der Waals surface area contributed by atoms with Crippen molar-refractivity contribution < 1.29 is 9.13 Å². The molecule has 132 valence electrons. The van der Waals surface area contributed by atoms with Gasteiger partial charge in [0.25, 0.3) is 0 Å². The highest BCUT2D eigenvalue weighted by atomic mass is 15.3. The van der Waals surface area contributed by atoms with Crippen LogP contribution < -0.4 is 9.13 Å². The maximum absolute atomic E-state index is 2.51. The Morgan fingerprint density at radius 2 is 0.897 bits per heavy atom. The molecule has 2 nitrogen and oxygen atoms in total. The van der Waals surface area contributed by atoms with E-state index in [1.807, 2.05) is 0 Å². The van der Waals surface area contributed by atoms with E-state index in [2.05, 4.69) is 106 Å². The minimum Gasteiger partial charge on any atom is -0.125 e. The van der Waals surface area contributed by atoms with Crippen LogP contribution in [0.3, 0.4) is 0 Å². The van der Waals surface area contributed by atoms with Crippen LogP contribution in [0.15, 0.2) is 97.3 Å². The molecule has 2 aliphatic heterocycles. The van der Waals surface area contributed by atoms with Crippen molar-refractivity contribution in [2.45, 2.75) is 5.66 Å². The summed E-state index contributed by atoms with van der Waals surface area (Å²) in [6.45, 7) is 0. The predicted molar refractivity (Wildman–Crippen MR) is 115 cm³/mol. The lowest BCUT2D eigenvalue weighted by Gasteiger charge is -2.17. The van der Waals surface area contributed by atoms with Gasteiger partial charge in [0.15, 0.2) is 12.4 Å². The summed E-state index contributed by atoms with van der Waals surface area (Å²) >= 11 is 0. The number of hydrogen-bond acceptors (Lipinski definition) is 0. The Bertz CT molecular complexity index is 1450. The highest BCUT2D eigenvalue weighted by Gasteiger charge is 2.64. The zero-order valence-corrected chi connectivity index (χ0v) is 15.6. The van der Waals surface area contributed by atoms with Crippen LogP contribution >= 0.6 is 0 Å². The molecule has 8 rings (SSSR count). The zero-order chi connectivity index (χ0) is 18.7. The molecule has 0 fully saturated rings. The van der Waals surface area contributed by atoms with Crippen molar-refractivity contribution in [3.63, 3.8) is 0 Å². The molecule has 2 heteroatoms. The summed E-state index contributed by atoms with van der Waals surface area (Å²) in [5.41, 5.74) is 5.01. The summed E-state index contributed by atoms with van der Waals surface area (Å²) in [7, 11) is 0. The van der Waals surface area contributed by atoms with Crippen LogP contribution in [-0.4, -0.2) is 0 Å². The molecule has 0 bridgehead atoms. The molecule has 0 saturated carbocycles. The molecule has 6 aromatic rings. The van der Waals surface area contributed by atoms with Gasteiger partial charge in [-0.15, -0.1) is 9.13 Å². The molecule has 29 heavy (non-hydrogen) atoms. The first kappa shape index (κ1) is 14.3. The largest absolute Gasteiger partial charge is 0.417 e. The van der Waals surface area contributed by atoms with Crippen molar-refractivity contribution in [3.05, 3.63) is 108 Å². The van der Waals surface area contributed by atoms with Crippen molar-refractivity contribution in [1.82, 2.24) is 0 Å². The maximum atomic E-state index is 2.51. The quantitative estimate of drug-likeness (QED) is 0.268. The van der Waals surface area contributed by atoms with E-state index in [0.717, 1.165) is 0 Å². The van der Waals surface area contributed by atoms with Crippen molar-refractivity contribution in [1.29, 1.82) is 0 Å². The lowest BCUT2D eigenvalue weighted by molar-refractivity contribution is -0.944. The third-order valence-electron chi connectivity index (χ3n) is 7.05. The van der Waals surface area contributed by atoms with E-state index in [1.54, 1.807) is 0 Å². The molecule has 0 radical (unpaired) electrons. The summed E-state index contributed by atoms with van der Waals surface area (Å²) in [4.78, 5) is 0. The molecule has 0 N–H and O–H groups in total. The number of hydrogen-bond donors (Lipinski definition) is 0. The molecule has 0 amide bonds. The second kappa shape index (κ2) is 4.44. The van der Waals surface area contributed by atoms with Gasteiger partial charge in [-0.25, -0.2) is 0 Å². The Hall–Kier alpha value is -3.78. The summed E-state index contributed by atoms with van der Waals surface area (Å²) in [6, 6.07) is 31.4. The number of pyridine rings is 2. The highest BCUT2D eigenvalue weighted by Crippen LogP contribution is 2.46. The summed E-state index contributed by atoms with van der Waals surface area (Å²) in [6.07, 6.45) is 4.52. The monoisotopic (exact) mass is 368 g/mol. The average molecular weight is 368 g/mol. The second-order valence-electron chi connectivity index (χ2n) is 8.24. The van der Waals surface area contributed by atoms with Crippen LogP contribution in [0.25, 0.3) is 43.4 Å². The Balaban J connectivity index is 1.74. The van der Waals surface area contributed by atoms with Crippen LogP contribution in [0, 0.1) is 0 Å². The standard InChI is InChI=1S/C27H16N2/c1-5-17-11-13-19-7-3-15-28-25(19)23(17)21(9-1)27(28)22-10-2-6-18-12-14-20-8-4-16-29(27)26(20)24(18)22/h1-16H/q+2. The molecule has 0 saturated heterocycles. The van der Waals surface area contributed by atoms with Crippen LogP contribution in [0.5, 0.6) is 0 Å². The molecule has 4 heterocycles. The first-order valence-electron chi connectivity index (χ1n) is 10.1. The first-order chi connectivity index (χ1) is 14.4. The number of benzene rings is 4. The fourth-order valence-corrected chi connectivity index (χ4v) is 6.06. The van der Waals surface area contributed by atoms with E-state index in [-0.39, 0.29) is 5.66 Å². The molecule has 2 aliphatic rings. The maximum Gasteiger partial charge on any atom is 0.417 e. The number of rotatable bonds is 0. The van der Waals surface area contributed by atoms with E-state index in [1.165, 1.54) is 54.5 Å². The van der Waals surface area contributed by atoms with Gasteiger partial charge in [-0.2, -0.15) is 0 Å². The van der Waals surface area contributed by atoms with Gasteiger partial charge in [-0.05, 0) is 47.2 Å².